The third-order valence-corrected chi connectivity index (χ3v) is 5.23. The Morgan fingerprint density at radius 3 is 2.72 bits per heavy atom. The van der Waals surface area contributed by atoms with E-state index in [0.29, 0.717) is 49.4 Å². The van der Waals surface area contributed by atoms with E-state index < -0.39 is 5.91 Å². The van der Waals surface area contributed by atoms with Gasteiger partial charge in [-0.15, -0.1) is 0 Å². The van der Waals surface area contributed by atoms with Gasteiger partial charge in [-0.2, -0.15) is 0 Å². The van der Waals surface area contributed by atoms with Crippen LogP contribution in [0.1, 0.15) is 29.3 Å². The fourth-order valence-corrected chi connectivity index (χ4v) is 3.62. The molecule has 0 aliphatic rings. The maximum atomic E-state index is 13.2. The van der Waals surface area contributed by atoms with Crippen molar-refractivity contribution in [2.45, 2.75) is 26.4 Å². The maximum Gasteiger partial charge on any atom is 0.267 e. The summed E-state index contributed by atoms with van der Waals surface area (Å²) in [6, 6.07) is 16.3. The van der Waals surface area contributed by atoms with Gasteiger partial charge in [-0.1, -0.05) is 36.4 Å². The number of amides is 1. The van der Waals surface area contributed by atoms with Crippen molar-refractivity contribution in [2.75, 3.05) is 13.2 Å². The molecule has 2 N–H and O–H groups in total. The summed E-state index contributed by atoms with van der Waals surface area (Å²) < 4.78 is 8.50. The summed E-state index contributed by atoms with van der Waals surface area (Å²) >= 11 is 0. The zero-order valence-corrected chi connectivity index (χ0v) is 17.9. The first-order chi connectivity index (χ1) is 15.6. The number of nitrogens with one attached hydrogen (secondary N) is 2. The molecule has 3 aromatic heterocycles. The van der Waals surface area contributed by atoms with Crippen molar-refractivity contribution in [3.05, 3.63) is 87.8 Å². The number of benzene rings is 1. The van der Waals surface area contributed by atoms with Crippen molar-refractivity contribution in [3.63, 3.8) is 0 Å². The van der Waals surface area contributed by atoms with Crippen molar-refractivity contribution in [1.82, 2.24) is 19.3 Å². The molecule has 1 aromatic carbocycles. The van der Waals surface area contributed by atoms with Gasteiger partial charge in [-0.25, -0.2) is 4.98 Å². The first-order valence-corrected chi connectivity index (χ1v) is 10.6. The Bertz CT molecular complexity index is 1380. The Morgan fingerprint density at radius 2 is 1.94 bits per heavy atom. The molecule has 0 bridgehead atoms. The van der Waals surface area contributed by atoms with Gasteiger partial charge in [-0.3, -0.25) is 19.4 Å². The van der Waals surface area contributed by atoms with Gasteiger partial charge in [0.05, 0.1) is 10.9 Å². The first-order valence-electron chi connectivity index (χ1n) is 10.6. The van der Waals surface area contributed by atoms with Gasteiger partial charge in [0.15, 0.2) is 0 Å². The van der Waals surface area contributed by atoms with Gasteiger partial charge in [0.1, 0.15) is 16.8 Å². The van der Waals surface area contributed by atoms with Crippen LogP contribution in [-0.2, 0) is 17.8 Å². The van der Waals surface area contributed by atoms with Gasteiger partial charge in [-0.05, 0) is 37.1 Å². The lowest BCUT2D eigenvalue weighted by atomic mass is 10.1. The average molecular weight is 431 g/mol. The summed E-state index contributed by atoms with van der Waals surface area (Å²) in [4.78, 5) is 30.8. The van der Waals surface area contributed by atoms with E-state index >= 15 is 0 Å². The van der Waals surface area contributed by atoms with Crippen LogP contribution in [0.4, 0.5) is 0 Å². The number of carbonyl (C=O) groups excluding carboxylic acids is 1. The highest BCUT2D eigenvalue weighted by Gasteiger charge is 2.17. The highest BCUT2D eigenvalue weighted by molar-refractivity contribution is 5.96. The van der Waals surface area contributed by atoms with Crippen molar-refractivity contribution in [1.29, 1.82) is 5.41 Å². The molecule has 4 aromatic rings. The number of aromatic nitrogens is 3. The lowest BCUT2D eigenvalue weighted by Crippen LogP contribution is -2.35. The number of rotatable bonds is 8. The molecule has 0 saturated heterocycles. The second kappa shape index (κ2) is 9.57. The number of fused-ring (bicyclic) bond motifs is 2. The monoisotopic (exact) mass is 431 g/mol. The summed E-state index contributed by atoms with van der Waals surface area (Å²) in [5, 5.41) is 11.9. The molecule has 0 unspecified atom stereocenters. The highest BCUT2D eigenvalue weighted by Crippen LogP contribution is 2.11. The maximum absolute atomic E-state index is 13.2. The zero-order chi connectivity index (χ0) is 22.5. The summed E-state index contributed by atoms with van der Waals surface area (Å²) in [7, 11) is 0. The molecule has 0 aliphatic carbocycles. The van der Waals surface area contributed by atoms with Crippen LogP contribution in [-0.4, -0.2) is 33.1 Å². The molecule has 0 radical (unpaired) electrons. The second-order valence-corrected chi connectivity index (χ2v) is 7.36. The van der Waals surface area contributed by atoms with E-state index in [9.17, 15) is 9.59 Å². The molecule has 3 heterocycles. The van der Waals surface area contributed by atoms with Crippen LogP contribution in [0.2, 0.25) is 0 Å². The van der Waals surface area contributed by atoms with Gasteiger partial charge >= 0.3 is 0 Å². The Labute approximate surface area is 184 Å². The minimum absolute atomic E-state index is 0.0201. The molecule has 0 fully saturated rings. The minimum Gasteiger partial charge on any atom is -0.382 e. The Balaban J connectivity index is 1.79. The van der Waals surface area contributed by atoms with Crippen LogP contribution in [0.5, 0.6) is 0 Å². The number of pyridine rings is 2. The predicted octanol–water partition coefficient (Wildman–Crippen LogP) is 2.49. The number of aryl methyl sites for hydroxylation is 1. The summed E-state index contributed by atoms with van der Waals surface area (Å²) in [6.07, 6.45) is 2.28. The molecular formula is C24H25N5O3. The van der Waals surface area contributed by atoms with Gasteiger partial charge in [0.2, 0.25) is 0 Å². The fraction of sp³-hybridized carbons (Fsp3) is 0.250. The van der Waals surface area contributed by atoms with Crippen LogP contribution in [0.15, 0.2) is 65.6 Å². The highest BCUT2D eigenvalue weighted by atomic mass is 16.5. The largest absolute Gasteiger partial charge is 0.382 e. The lowest BCUT2D eigenvalue weighted by Gasteiger charge is -2.15. The number of hydrogen-bond acceptors (Lipinski definition) is 5. The van der Waals surface area contributed by atoms with Crippen LogP contribution in [0, 0.1) is 5.41 Å². The smallest absolute Gasteiger partial charge is 0.267 e. The molecule has 4 rings (SSSR count). The fourth-order valence-electron chi connectivity index (χ4n) is 3.62. The van der Waals surface area contributed by atoms with E-state index in [2.05, 4.69) is 10.3 Å². The minimum atomic E-state index is -0.406. The zero-order valence-electron chi connectivity index (χ0n) is 17.9. The topological polar surface area (TPSA) is 101 Å². The molecular weight excluding hydrogens is 406 g/mol. The van der Waals surface area contributed by atoms with E-state index in [-0.39, 0.29) is 16.6 Å². The van der Waals surface area contributed by atoms with E-state index in [1.165, 1.54) is 10.5 Å². The average Bonchev–Trinajstić information content (AvgIpc) is 2.82. The molecule has 0 aliphatic heterocycles. The Kier molecular flexibility index (Phi) is 6.42. The summed E-state index contributed by atoms with van der Waals surface area (Å²) in [6.45, 7) is 3.78. The predicted molar refractivity (Wildman–Crippen MR) is 122 cm³/mol. The molecule has 0 spiro atoms. The van der Waals surface area contributed by atoms with Crippen molar-refractivity contribution in [2.24, 2.45) is 0 Å². The SMILES string of the molecule is CCOCCCn1c(=N)c(C(=O)NCc2ccccc2)cc2c(=O)n3ccccc3nc21. The lowest BCUT2D eigenvalue weighted by molar-refractivity contribution is 0.0948. The van der Waals surface area contributed by atoms with E-state index in [4.69, 9.17) is 10.1 Å². The van der Waals surface area contributed by atoms with Gasteiger partial charge in [0, 0.05) is 32.5 Å². The van der Waals surface area contributed by atoms with Crippen LogP contribution in [0.3, 0.4) is 0 Å². The number of hydrogen-bond donors (Lipinski definition) is 2. The molecule has 32 heavy (non-hydrogen) atoms. The summed E-state index contributed by atoms with van der Waals surface area (Å²) in [5.74, 6) is -0.406. The molecule has 8 nitrogen and oxygen atoms in total. The van der Waals surface area contributed by atoms with Crippen LogP contribution in [0.25, 0.3) is 16.7 Å². The van der Waals surface area contributed by atoms with Crippen molar-refractivity contribution in [3.8, 4) is 0 Å². The molecule has 164 valence electrons. The van der Waals surface area contributed by atoms with Gasteiger partial charge in [0.25, 0.3) is 11.5 Å². The van der Waals surface area contributed by atoms with Crippen LogP contribution < -0.4 is 16.4 Å². The third kappa shape index (κ3) is 4.31. The molecule has 1 amide bonds. The van der Waals surface area contributed by atoms with Crippen molar-refractivity contribution < 1.29 is 9.53 Å². The van der Waals surface area contributed by atoms with Crippen molar-refractivity contribution >= 4 is 22.6 Å². The van der Waals surface area contributed by atoms with E-state index in [0.717, 1.165) is 5.56 Å². The van der Waals surface area contributed by atoms with Gasteiger partial charge < -0.3 is 14.6 Å². The summed E-state index contributed by atoms with van der Waals surface area (Å²) in [5.41, 5.74) is 1.71. The molecule has 0 atom stereocenters. The molecule has 8 heteroatoms. The first kappa shape index (κ1) is 21.5. The number of carbonyl (C=O) groups is 1. The Hall–Kier alpha value is -3.78. The quantitative estimate of drug-likeness (QED) is 0.331. The number of ether oxygens (including phenoxy) is 1. The van der Waals surface area contributed by atoms with E-state index in [1.54, 1.807) is 29.0 Å². The number of nitrogens with zero attached hydrogens (tertiary/aromatic N) is 3. The normalized spacial score (nSPS) is 11.2. The Morgan fingerprint density at radius 1 is 1.16 bits per heavy atom. The van der Waals surface area contributed by atoms with E-state index in [1.807, 2.05) is 37.3 Å². The molecule has 0 saturated carbocycles. The second-order valence-electron chi connectivity index (χ2n) is 7.36. The third-order valence-electron chi connectivity index (χ3n) is 5.23. The standard InChI is InChI=1S/C24H25N5O3/c1-2-32-14-8-13-29-21(25)18(23(30)26-16-17-9-4-3-5-10-17)15-19-22(29)27-20-11-6-7-12-28(20)24(19)31/h3-7,9-12,15,25H,2,8,13-14,16H2,1H3,(H,26,30). The van der Waals surface area contributed by atoms with Crippen LogP contribution >= 0.6 is 0 Å².